The molecule has 2 N–H and O–H groups in total. The molecular formula is C29H32F3N5O7. The predicted molar refractivity (Wildman–Crippen MR) is 150 cm³/mol. The van der Waals surface area contributed by atoms with Crippen LogP contribution in [0.4, 0.5) is 18.0 Å². The van der Waals surface area contributed by atoms with Gasteiger partial charge in [-0.25, -0.2) is 4.79 Å². The number of benzene rings is 2. The van der Waals surface area contributed by atoms with Crippen molar-refractivity contribution < 1.29 is 46.7 Å². The predicted octanol–water partition coefficient (Wildman–Crippen LogP) is 3.21. The van der Waals surface area contributed by atoms with E-state index in [1.54, 1.807) is 63.2 Å². The van der Waals surface area contributed by atoms with Gasteiger partial charge >= 0.3 is 18.2 Å². The van der Waals surface area contributed by atoms with Gasteiger partial charge in [-0.1, -0.05) is 18.2 Å². The lowest BCUT2D eigenvalue weighted by atomic mass is 9.99. The first-order chi connectivity index (χ1) is 20.7. The standard InChI is InChI=1S/C29H32F3N5O7/c1-28(2,3)44-27(41)34-12-11-33-26(35-25(40)29(30,31)32)36-13-10-18-16-20(9-8-19(18)17-36)42-14-15-43-37-23(38)21-6-4-5-7-22(21)24(37)39/h4-9,16H,10-15,17H2,1-3H3,(H,34,41)(H,33,35,40). The number of nitrogens with zero attached hydrogens (tertiary/aromatic N) is 3. The molecule has 2 heterocycles. The number of hydrogen-bond acceptors (Lipinski definition) is 8. The normalized spacial score (nSPS) is 15.1. The van der Waals surface area contributed by atoms with Crippen molar-refractivity contribution in [1.82, 2.24) is 20.6 Å². The Morgan fingerprint density at radius 3 is 2.30 bits per heavy atom. The van der Waals surface area contributed by atoms with Gasteiger partial charge < -0.3 is 19.7 Å². The summed E-state index contributed by atoms with van der Waals surface area (Å²) < 4.78 is 49.9. The van der Waals surface area contributed by atoms with E-state index in [0.717, 1.165) is 11.1 Å². The zero-order chi connectivity index (χ0) is 32.1. The molecule has 0 saturated heterocycles. The van der Waals surface area contributed by atoms with Crippen molar-refractivity contribution in [2.45, 2.75) is 45.5 Å². The minimum absolute atomic E-state index is 0.0256. The van der Waals surface area contributed by atoms with Crippen LogP contribution in [0, 0.1) is 0 Å². The molecule has 0 aliphatic carbocycles. The van der Waals surface area contributed by atoms with Crippen molar-refractivity contribution >= 4 is 29.8 Å². The van der Waals surface area contributed by atoms with Crippen LogP contribution in [0.15, 0.2) is 47.5 Å². The van der Waals surface area contributed by atoms with Crippen LogP contribution in [0.3, 0.4) is 0 Å². The summed E-state index contributed by atoms with van der Waals surface area (Å²) in [4.78, 5) is 59.3. The van der Waals surface area contributed by atoms with Gasteiger partial charge in [0.2, 0.25) is 5.96 Å². The molecule has 4 rings (SSSR count). The van der Waals surface area contributed by atoms with E-state index in [1.807, 2.05) is 5.32 Å². The molecule has 4 amide bonds. The Morgan fingerprint density at radius 2 is 1.66 bits per heavy atom. The Balaban J connectivity index is 1.32. The van der Waals surface area contributed by atoms with Crippen LogP contribution in [0.2, 0.25) is 0 Å². The third-order valence-corrected chi connectivity index (χ3v) is 6.34. The van der Waals surface area contributed by atoms with Crippen LogP contribution >= 0.6 is 0 Å². The molecule has 0 aromatic heterocycles. The van der Waals surface area contributed by atoms with Crippen molar-refractivity contribution in [2.24, 2.45) is 4.99 Å². The molecule has 0 atom stereocenters. The molecule has 2 aromatic rings. The number of rotatable bonds is 8. The van der Waals surface area contributed by atoms with E-state index in [9.17, 15) is 32.3 Å². The van der Waals surface area contributed by atoms with E-state index in [0.29, 0.717) is 17.2 Å². The van der Waals surface area contributed by atoms with E-state index in [1.165, 1.54) is 4.90 Å². The van der Waals surface area contributed by atoms with Gasteiger partial charge in [0.1, 0.15) is 24.6 Å². The summed E-state index contributed by atoms with van der Waals surface area (Å²) in [7, 11) is 0. The van der Waals surface area contributed by atoms with Crippen LogP contribution in [-0.2, 0) is 27.3 Å². The Bertz CT molecular complexity index is 1420. The number of hydroxylamine groups is 2. The number of nitrogens with one attached hydrogen (secondary N) is 2. The number of carbonyl (C=O) groups is 4. The molecule has 236 valence electrons. The number of imide groups is 1. The maximum absolute atomic E-state index is 13.0. The second-order valence-corrected chi connectivity index (χ2v) is 10.8. The first-order valence-electron chi connectivity index (χ1n) is 13.7. The molecule has 44 heavy (non-hydrogen) atoms. The van der Waals surface area contributed by atoms with E-state index in [2.05, 4.69) is 10.3 Å². The molecular weight excluding hydrogens is 587 g/mol. The molecule has 0 unspecified atom stereocenters. The summed E-state index contributed by atoms with van der Waals surface area (Å²) in [5.41, 5.74) is 1.48. The number of fused-ring (bicyclic) bond motifs is 2. The second-order valence-electron chi connectivity index (χ2n) is 10.8. The molecule has 0 spiro atoms. The largest absolute Gasteiger partial charge is 0.491 e. The first kappa shape index (κ1) is 32.3. The quantitative estimate of drug-likeness (QED) is 0.199. The topological polar surface area (TPSA) is 139 Å². The second kappa shape index (κ2) is 13.3. The van der Waals surface area contributed by atoms with Gasteiger partial charge in [-0.15, -0.1) is 5.06 Å². The number of guanidine groups is 1. The lowest BCUT2D eigenvalue weighted by molar-refractivity contribution is -0.172. The first-order valence-corrected chi connectivity index (χ1v) is 13.7. The monoisotopic (exact) mass is 619 g/mol. The van der Waals surface area contributed by atoms with Crippen LogP contribution in [0.25, 0.3) is 0 Å². The fraction of sp³-hybridized carbons (Fsp3) is 0.414. The molecule has 15 heteroatoms. The van der Waals surface area contributed by atoms with Crippen molar-refractivity contribution in [3.05, 3.63) is 64.7 Å². The Morgan fingerprint density at radius 1 is 0.977 bits per heavy atom. The Kier molecular flexibility index (Phi) is 9.77. The summed E-state index contributed by atoms with van der Waals surface area (Å²) >= 11 is 0. The van der Waals surface area contributed by atoms with Crippen molar-refractivity contribution in [3.8, 4) is 5.75 Å². The fourth-order valence-corrected chi connectivity index (χ4v) is 4.40. The number of alkyl halides is 3. The summed E-state index contributed by atoms with van der Waals surface area (Å²) in [6.07, 6.45) is -5.40. The highest BCUT2D eigenvalue weighted by molar-refractivity contribution is 6.20. The molecule has 12 nitrogen and oxygen atoms in total. The molecule has 0 saturated carbocycles. The summed E-state index contributed by atoms with van der Waals surface area (Å²) in [6.45, 7) is 5.31. The van der Waals surface area contributed by atoms with Crippen molar-refractivity contribution in [3.63, 3.8) is 0 Å². The molecule has 0 radical (unpaired) electrons. The summed E-state index contributed by atoms with van der Waals surface area (Å²) in [6, 6.07) is 11.6. The molecule has 0 fully saturated rings. The van der Waals surface area contributed by atoms with Crippen LogP contribution in [0.1, 0.15) is 52.6 Å². The van der Waals surface area contributed by atoms with E-state index >= 15 is 0 Å². The average Bonchev–Trinajstić information content (AvgIpc) is 3.19. The van der Waals surface area contributed by atoms with Gasteiger partial charge in [-0.05, 0) is 62.6 Å². The number of amides is 4. The van der Waals surface area contributed by atoms with Crippen LogP contribution in [0.5, 0.6) is 5.75 Å². The highest BCUT2D eigenvalue weighted by Crippen LogP contribution is 2.25. The number of alkyl carbamates (subject to hydrolysis) is 1. The number of carbonyl (C=O) groups excluding carboxylic acids is 4. The molecule has 2 aliphatic rings. The lowest BCUT2D eigenvalue weighted by Crippen LogP contribution is -2.50. The van der Waals surface area contributed by atoms with E-state index in [4.69, 9.17) is 14.3 Å². The minimum atomic E-state index is -5.11. The van der Waals surface area contributed by atoms with Crippen molar-refractivity contribution in [2.75, 3.05) is 32.8 Å². The maximum atomic E-state index is 13.0. The van der Waals surface area contributed by atoms with Crippen molar-refractivity contribution in [1.29, 1.82) is 0 Å². The third kappa shape index (κ3) is 8.24. The van der Waals surface area contributed by atoms with E-state index in [-0.39, 0.29) is 56.5 Å². The van der Waals surface area contributed by atoms with Gasteiger partial charge in [0.25, 0.3) is 11.8 Å². The number of ether oxygens (including phenoxy) is 2. The van der Waals surface area contributed by atoms with Gasteiger partial charge in [0, 0.05) is 19.6 Å². The average molecular weight is 620 g/mol. The van der Waals surface area contributed by atoms with Gasteiger partial charge in [-0.3, -0.25) is 29.5 Å². The van der Waals surface area contributed by atoms with Gasteiger partial charge in [0.15, 0.2) is 0 Å². The number of hydrogen-bond donors (Lipinski definition) is 2. The Hall–Kier alpha value is -4.66. The van der Waals surface area contributed by atoms with E-state index < -0.39 is 35.6 Å². The summed E-state index contributed by atoms with van der Waals surface area (Å²) in [5, 5.41) is 5.02. The molecule has 2 aliphatic heterocycles. The molecule has 2 aromatic carbocycles. The van der Waals surface area contributed by atoms with Crippen LogP contribution < -0.4 is 15.4 Å². The van der Waals surface area contributed by atoms with Gasteiger partial charge in [0.05, 0.1) is 17.7 Å². The Labute approximate surface area is 251 Å². The zero-order valence-corrected chi connectivity index (χ0v) is 24.3. The highest BCUT2D eigenvalue weighted by atomic mass is 19.4. The SMILES string of the molecule is CC(C)(C)OC(=O)NCCN=C(NC(=O)C(F)(F)F)N1CCc2cc(OCCON3C(=O)c4ccccc4C3=O)ccc2C1. The lowest BCUT2D eigenvalue weighted by Gasteiger charge is -2.32. The summed E-state index contributed by atoms with van der Waals surface area (Å²) in [5.74, 6) is -3.02. The molecule has 0 bridgehead atoms. The van der Waals surface area contributed by atoms with Crippen LogP contribution in [-0.4, -0.2) is 84.4 Å². The van der Waals surface area contributed by atoms with Gasteiger partial charge in [-0.2, -0.15) is 13.2 Å². The zero-order valence-electron chi connectivity index (χ0n) is 24.3. The smallest absolute Gasteiger partial charge is 0.471 e. The number of halogens is 3. The fourth-order valence-electron chi connectivity index (χ4n) is 4.40. The minimum Gasteiger partial charge on any atom is -0.491 e. The number of aliphatic imine (C=N–C) groups is 1. The third-order valence-electron chi connectivity index (χ3n) is 6.34. The highest BCUT2D eigenvalue weighted by Gasteiger charge is 2.40. The maximum Gasteiger partial charge on any atom is 0.471 e.